The Morgan fingerprint density at radius 3 is 2.88 bits per heavy atom. The molecule has 2 fully saturated rings. The molecule has 2 aliphatic rings. The molecule has 0 aromatic rings. The van der Waals surface area contributed by atoms with Gasteiger partial charge in [0.25, 0.3) is 0 Å². The van der Waals surface area contributed by atoms with Gasteiger partial charge in [-0.05, 0) is 24.7 Å². The molecular formula is C12H19NO3. The molecule has 1 N–H and O–H groups in total. The Morgan fingerprint density at radius 2 is 2.25 bits per heavy atom. The topological polar surface area (TPSA) is 55.4 Å². The van der Waals surface area contributed by atoms with Crippen molar-refractivity contribution in [1.29, 1.82) is 0 Å². The lowest BCUT2D eigenvalue weighted by Crippen LogP contribution is -2.48. The van der Waals surface area contributed by atoms with Gasteiger partial charge in [0, 0.05) is 25.6 Å². The van der Waals surface area contributed by atoms with Crippen molar-refractivity contribution in [1.82, 2.24) is 5.32 Å². The third-order valence-corrected chi connectivity index (χ3v) is 3.71. The van der Waals surface area contributed by atoms with Gasteiger partial charge in [-0.2, -0.15) is 0 Å². The molecule has 2 saturated heterocycles. The van der Waals surface area contributed by atoms with Crippen molar-refractivity contribution in [3.63, 3.8) is 0 Å². The quantitative estimate of drug-likeness (QED) is 0.732. The van der Waals surface area contributed by atoms with Gasteiger partial charge in [-0.3, -0.25) is 14.9 Å². The molecule has 2 heterocycles. The van der Waals surface area contributed by atoms with E-state index in [0.29, 0.717) is 18.9 Å². The van der Waals surface area contributed by atoms with Gasteiger partial charge in [-0.25, -0.2) is 0 Å². The van der Waals surface area contributed by atoms with Crippen molar-refractivity contribution in [2.24, 2.45) is 17.8 Å². The van der Waals surface area contributed by atoms with Crippen LogP contribution in [0.4, 0.5) is 0 Å². The molecule has 2 aliphatic heterocycles. The molecule has 16 heavy (non-hydrogen) atoms. The van der Waals surface area contributed by atoms with E-state index in [2.05, 4.69) is 12.2 Å². The van der Waals surface area contributed by atoms with Crippen LogP contribution in [0.1, 0.15) is 32.6 Å². The highest BCUT2D eigenvalue weighted by Gasteiger charge is 2.40. The molecule has 4 heteroatoms. The molecule has 0 aromatic heterocycles. The number of hydrogen-bond donors (Lipinski definition) is 1. The Morgan fingerprint density at radius 1 is 1.44 bits per heavy atom. The van der Waals surface area contributed by atoms with E-state index in [1.807, 2.05) is 0 Å². The Hall–Kier alpha value is -0.900. The normalized spacial score (nSPS) is 35.2. The zero-order valence-electron chi connectivity index (χ0n) is 9.70. The average Bonchev–Trinajstić information content (AvgIpc) is 2.75. The summed E-state index contributed by atoms with van der Waals surface area (Å²) in [6, 6.07) is 0. The molecule has 0 aromatic carbocycles. The summed E-state index contributed by atoms with van der Waals surface area (Å²) >= 11 is 0. The number of hydrogen-bond acceptors (Lipinski definition) is 3. The molecule has 0 spiro atoms. The molecule has 0 aliphatic carbocycles. The predicted molar refractivity (Wildman–Crippen MR) is 58.6 cm³/mol. The second-order valence-electron chi connectivity index (χ2n) is 4.80. The molecule has 4 nitrogen and oxygen atoms in total. The van der Waals surface area contributed by atoms with Crippen LogP contribution in [0, 0.1) is 17.8 Å². The van der Waals surface area contributed by atoms with Gasteiger partial charge in [-0.15, -0.1) is 0 Å². The lowest BCUT2D eigenvalue weighted by molar-refractivity contribution is -0.140. The summed E-state index contributed by atoms with van der Waals surface area (Å²) in [5, 5.41) is 2.45. The summed E-state index contributed by atoms with van der Waals surface area (Å²) in [4.78, 5) is 23.2. The average molecular weight is 225 g/mol. The molecule has 0 saturated carbocycles. The predicted octanol–water partition coefficient (Wildman–Crippen LogP) is 1.10. The maximum atomic E-state index is 11.8. The number of nitrogens with one attached hydrogen (secondary N) is 1. The SMILES string of the molecule is CCCC1C(=O)NC(=O)CC1C1CCOC1. The number of piperidine rings is 1. The molecule has 90 valence electrons. The molecule has 0 bridgehead atoms. The maximum absolute atomic E-state index is 11.8. The van der Waals surface area contributed by atoms with Crippen LogP contribution in [-0.2, 0) is 14.3 Å². The minimum atomic E-state index is -0.116. The Kier molecular flexibility index (Phi) is 3.59. The van der Waals surface area contributed by atoms with Gasteiger partial charge in [0.15, 0.2) is 0 Å². The Labute approximate surface area is 95.7 Å². The smallest absolute Gasteiger partial charge is 0.229 e. The van der Waals surface area contributed by atoms with Crippen LogP contribution in [0.5, 0.6) is 0 Å². The van der Waals surface area contributed by atoms with Crippen molar-refractivity contribution in [2.45, 2.75) is 32.6 Å². The zero-order chi connectivity index (χ0) is 11.5. The fraction of sp³-hybridized carbons (Fsp3) is 0.833. The molecule has 2 amide bonds. The van der Waals surface area contributed by atoms with Gasteiger partial charge in [0.05, 0.1) is 0 Å². The standard InChI is InChI=1S/C12H19NO3/c1-2-3-9-10(8-4-5-16-7-8)6-11(14)13-12(9)15/h8-10H,2-7H2,1H3,(H,13,14,15). The highest BCUT2D eigenvalue weighted by atomic mass is 16.5. The first-order valence-corrected chi connectivity index (χ1v) is 6.13. The van der Waals surface area contributed by atoms with Crippen molar-refractivity contribution in [2.75, 3.05) is 13.2 Å². The summed E-state index contributed by atoms with van der Waals surface area (Å²) in [5.74, 6) is 0.411. The van der Waals surface area contributed by atoms with Crippen LogP contribution < -0.4 is 5.32 Å². The Bertz CT molecular complexity index is 284. The number of ether oxygens (including phenoxy) is 1. The third kappa shape index (κ3) is 2.26. The Balaban J connectivity index is 2.09. The van der Waals surface area contributed by atoms with E-state index in [9.17, 15) is 9.59 Å². The minimum Gasteiger partial charge on any atom is -0.381 e. The van der Waals surface area contributed by atoms with Gasteiger partial charge in [0.1, 0.15) is 0 Å². The number of imide groups is 1. The van der Waals surface area contributed by atoms with Crippen LogP contribution in [0.3, 0.4) is 0 Å². The van der Waals surface area contributed by atoms with Gasteiger partial charge < -0.3 is 4.74 Å². The van der Waals surface area contributed by atoms with E-state index in [1.54, 1.807) is 0 Å². The van der Waals surface area contributed by atoms with Crippen molar-refractivity contribution in [3.05, 3.63) is 0 Å². The summed E-state index contributed by atoms with van der Waals surface area (Å²) in [7, 11) is 0. The van der Waals surface area contributed by atoms with E-state index in [-0.39, 0.29) is 23.7 Å². The van der Waals surface area contributed by atoms with E-state index in [0.717, 1.165) is 25.9 Å². The second-order valence-corrected chi connectivity index (χ2v) is 4.80. The van der Waals surface area contributed by atoms with Crippen molar-refractivity contribution < 1.29 is 14.3 Å². The summed E-state index contributed by atoms with van der Waals surface area (Å²) < 4.78 is 5.36. The van der Waals surface area contributed by atoms with Crippen LogP contribution in [0.2, 0.25) is 0 Å². The largest absolute Gasteiger partial charge is 0.381 e. The minimum absolute atomic E-state index is 0.00870. The second kappa shape index (κ2) is 4.95. The van der Waals surface area contributed by atoms with Crippen molar-refractivity contribution in [3.8, 4) is 0 Å². The lowest BCUT2D eigenvalue weighted by Gasteiger charge is -2.33. The molecule has 2 rings (SSSR count). The summed E-state index contributed by atoms with van der Waals surface area (Å²) in [6.07, 6.45) is 3.34. The summed E-state index contributed by atoms with van der Waals surface area (Å²) in [6.45, 7) is 3.56. The molecule has 3 atom stereocenters. The van der Waals surface area contributed by atoms with E-state index in [4.69, 9.17) is 4.74 Å². The molecular weight excluding hydrogens is 206 g/mol. The number of carbonyl (C=O) groups excluding carboxylic acids is 2. The third-order valence-electron chi connectivity index (χ3n) is 3.71. The fourth-order valence-electron chi connectivity index (χ4n) is 2.87. The first-order chi connectivity index (χ1) is 7.72. The van der Waals surface area contributed by atoms with Gasteiger partial charge in [0.2, 0.25) is 11.8 Å². The van der Waals surface area contributed by atoms with E-state index >= 15 is 0 Å². The summed E-state index contributed by atoms with van der Waals surface area (Å²) in [5.41, 5.74) is 0. The zero-order valence-corrected chi connectivity index (χ0v) is 9.70. The number of rotatable bonds is 3. The van der Waals surface area contributed by atoms with Crippen LogP contribution in [0.25, 0.3) is 0 Å². The van der Waals surface area contributed by atoms with Crippen LogP contribution >= 0.6 is 0 Å². The van der Waals surface area contributed by atoms with Crippen molar-refractivity contribution >= 4 is 11.8 Å². The molecule has 3 unspecified atom stereocenters. The van der Waals surface area contributed by atoms with E-state index < -0.39 is 0 Å². The number of amides is 2. The van der Waals surface area contributed by atoms with Crippen LogP contribution in [0.15, 0.2) is 0 Å². The van der Waals surface area contributed by atoms with Crippen LogP contribution in [-0.4, -0.2) is 25.0 Å². The van der Waals surface area contributed by atoms with E-state index in [1.165, 1.54) is 0 Å². The monoisotopic (exact) mass is 225 g/mol. The first kappa shape index (κ1) is 11.6. The maximum Gasteiger partial charge on any atom is 0.229 e. The first-order valence-electron chi connectivity index (χ1n) is 6.13. The highest BCUT2D eigenvalue weighted by molar-refractivity contribution is 5.99. The van der Waals surface area contributed by atoms with Gasteiger partial charge in [-0.1, -0.05) is 13.3 Å². The molecule has 0 radical (unpaired) electrons. The number of carbonyl (C=O) groups is 2. The highest BCUT2D eigenvalue weighted by Crippen LogP contribution is 2.35. The van der Waals surface area contributed by atoms with Gasteiger partial charge >= 0.3 is 0 Å². The lowest BCUT2D eigenvalue weighted by atomic mass is 9.74. The fourth-order valence-corrected chi connectivity index (χ4v) is 2.87.